The van der Waals surface area contributed by atoms with Crippen LogP contribution < -0.4 is 10.9 Å². The van der Waals surface area contributed by atoms with Crippen molar-refractivity contribution in [1.29, 1.82) is 0 Å². The fourth-order valence-electron chi connectivity index (χ4n) is 2.14. The number of aromatic amines is 1. The predicted octanol–water partition coefficient (Wildman–Crippen LogP) is 1.32. The Balaban J connectivity index is 2.05. The van der Waals surface area contributed by atoms with Gasteiger partial charge in [0.2, 0.25) is 0 Å². The second-order valence-corrected chi connectivity index (χ2v) is 4.65. The maximum Gasteiger partial charge on any atom is 0.271 e. The number of piperidine rings is 1. The molecule has 17 heavy (non-hydrogen) atoms. The average molecular weight is 257 g/mol. The summed E-state index contributed by atoms with van der Waals surface area (Å²) in [5, 5.41) is 3.39. The Hall–Kier alpha value is -1.07. The van der Waals surface area contributed by atoms with Gasteiger partial charge in [0.05, 0.1) is 6.33 Å². The van der Waals surface area contributed by atoms with Crippen LogP contribution in [0, 0.1) is 0 Å². The van der Waals surface area contributed by atoms with Crippen molar-refractivity contribution in [3.05, 3.63) is 21.7 Å². The summed E-state index contributed by atoms with van der Waals surface area (Å²) in [4.78, 5) is 20.2. The van der Waals surface area contributed by atoms with Gasteiger partial charge in [-0.1, -0.05) is 18.5 Å². The highest BCUT2D eigenvalue weighted by atomic mass is 35.5. The molecule has 0 bridgehead atoms. The molecule has 1 aliphatic rings. The van der Waals surface area contributed by atoms with Crippen LogP contribution in [0.15, 0.2) is 11.1 Å². The zero-order chi connectivity index (χ0) is 12.3. The number of hydrogen-bond acceptors (Lipinski definition) is 4. The van der Waals surface area contributed by atoms with E-state index in [-0.39, 0.29) is 10.6 Å². The molecule has 1 saturated heterocycles. The minimum Gasteiger partial charge on any atom is -0.365 e. The maximum atomic E-state index is 11.3. The van der Waals surface area contributed by atoms with Crippen LogP contribution in [-0.4, -0.2) is 40.5 Å². The van der Waals surface area contributed by atoms with Gasteiger partial charge in [-0.25, -0.2) is 4.98 Å². The van der Waals surface area contributed by atoms with Gasteiger partial charge in [-0.3, -0.25) is 4.79 Å². The normalized spacial score (nSPS) is 21.4. The summed E-state index contributed by atoms with van der Waals surface area (Å²) in [5.74, 6) is 0.485. The Kier molecular flexibility index (Phi) is 4.02. The van der Waals surface area contributed by atoms with Crippen LogP contribution in [0.2, 0.25) is 5.02 Å². The number of aromatic nitrogens is 2. The second-order valence-electron chi connectivity index (χ2n) is 4.27. The molecule has 2 rings (SSSR count). The molecule has 0 amide bonds. The third-order valence-corrected chi connectivity index (χ3v) is 3.44. The molecule has 1 aromatic heterocycles. The molecule has 1 aromatic rings. The highest BCUT2D eigenvalue weighted by Gasteiger charge is 2.20. The van der Waals surface area contributed by atoms with Crippen LogP contribution in [0.4, 0.5) is 5.82 Å². The van der Waals surface area contributed by atoms with E-state index in [0.29, 0.717) is 11.9 Å². The summed E-state index contributed by atoms with van der Waals surface area (Å²) in [6.45, 7) is 5.32. The van der Waals surface area contributed by atoms with Crippen molar-refractivity contribution in [3.63, 3.8) is 0 Å². The van der Waals surface area contributed by atoms with Crippen LogP contribution in [0.5, 0.6) is 0 Å². The lowest BCUT2D eigenvalue weighted by Gasteiger charge is -2.32. The molecule has 0 radical (unpaired) electrons. The zero-order valence-electron chi connectivity index (χ0n) is 9.87. The Morgan fingerprint density at radius 1 is 1.71 bits per heavy atom. The second kappa shape index (κ2) is 5.51. The number of halogens is 1. The summed E-state index contributed by atoms with van der Waals surface area (Å²) in [5.41, 5.74) is -0.299. The van der Waals surface area contributed by atoms with Crippen molar-refractivity contribution in [3.8, 4) is 0 Å². The lowest BCUT2D eigenvalue weighted by atomic mass is 10.1. The minimum atomic E-state index is -0.299. The predicted molar refractivity (Wildman–Crippen MR) is 68.6 cm³/mol. The lowest BCUT2D eigenvalue weighted by Crippen LogP contribution is -2.42. The van der Waals surface area contributed by atoms with Crippen LogP contribution in [0.25, 0.3) is 0 Å². The molecular weight excluding hydrogens is 240 g/mol. The minimum absolute atomic E-state index is 0.140. The Bertz CT molecular complexity index is 434. The fourth-order valence-corrected chi connectivity index (χ4v) is 2.30. The van der Waals surface area contributed by atoms with Gasteiger partial charge in [-0.2, -0.15) is 0 Å². The monoisotopic (exact) mass is 256 g/mol. The highest BCUT2D eigenvalue weighted by Crippen LogP contribution is 2.18. The van der Waals surface area contributed by atoms with Gasteiger partial charge in [0.15, 0.2) is 5.82 Å². The molecule has 0 spiro atoms. The van der Waals surface area contributed by atoms with Crippen LogP contribution in [0.3, 0.4) is 0 Å². The quantitative estimate of drug-likeness (QED) is 0.856. The zero-order valence-corrected chi connectivity index (χ0v) is 10.6. The Labute approximate surface area is 105 Å². The lowest BCUT2D eigenvalue weighted by molar-refractivity contribution is 0.226. The molecule has 2 heterocycles. The highest BCUT2D eigenvalue weighted by molar-refractivity contribution is 6.32. The molecular formula is C11H17ClN4O. The molecule has 0 aliphatic carbocycles. The molecule has 6 heteroatoms. The maximum absolute atomic E-state index is 11.3. The Morgan fingerprint density at radius 2 is 2.53 bits per heavy atom. The van der Waals surface area contributed by atoms with Gasteiger partial charge >= 0.3 is 0 Å². The van der Waals surface area contributed by atoms with Crippen LogP contribution in [0.1, 0.15) is 19.8 Å². The van der Waals surface area contributed by atoms with Crippen molar-refractivity contribution in [2.45, 2.75) is 25.8 Å². The fraction of sp³-hybridized carbons (Fsp3) is 0.636. The molecule has 2 N–H and O–H groups in total. The first-order valence-electron chi connectivity index (χ1n) is 5.92. The van der Waals surface area contributed by atoms with Crippen LogP contribution in [-0.2, 0) is 0 Å². The molecule has 0 saturated carbocycles. The van der Waals surface area contributed by atoms with Gasteiger partial charge in [0.1, 0.15) is 5.02 Å². The van der Waals surface area contributed by atoms with E-state index in [1.54, 1.807) is 0 Å². The van der Waals surface area contributed by atoms with E-state index in [2.05, 4.69) is 27.1 Å². The van der Waals surface area contributed by atoms with E-state index in [4.69, 9.17) is 11.6 Å². The molecule has 1 fully saturated rings. The summed E-state index contributed by atoms with van der Waals surface area (Å²) < 4.78 is 0. The van der Waals surface area contributed by atoms with Gasteiger partial charge in [0, 0.05) is 12.6 Å². The summed E-state index contributed by atoms with van der Waals surface area (Å²) in [7, 11) is 0. The largest absolute Gasteiger partial charge is 0.365 e. The Morgan fingerprint density at radius 3 is 3.29 bits per heavy atom. The van der Waals surface area contributed by atoms with E-state index in [1.807, 2.05) is 0 Å². The summed E-state index contributed by atoms with van der Waals surface area (Å²) in [6, 6.07) is 0.315. The summed E-state index contributed by atoms with van der Waals surface area (Å²) in [6.07, 6.45) is 3.62. The molecule has 1 atom stereocenters. The van der Waals surface area contributed by atoms with Crippen LogP contribution >= 0.6 is 11.6 Å². The van der Waals surface area contributed by atoms with Gasteiger partial charge in [-0.05, 0) is 25.9 Å². The van der Waals surface area contributed by atoms with Gasteiger partial charge < -0.3 is 15.2 Å². The third-order valence-electron chi connectivity index (χ3n) is 3.09. The van der Waals surface area contributed by atoms with E-state index >= 15 is 0 Å². The topological polar surface area (TPSA) is 61.0 Å². The average Bonchev–Trinajstić information content (AvgIpc) is 2.35. The molecule has 0 aromatic carbocycles. The van der Waals surface area contributed by atoms with E-state index in [1.165, 1.54) is 6.33 Å². The number of H-pyrrole nitrogens is 1. The smallest absolute Gasteiger partial charge is 0.271 e. The molecule has 5 nitrogen and oxygen atoms in total. The number of rotatable bonds is 3. The number of anilines is 1. The number of nitrogens with one attached hydrogen (secondary N) is 2. The number of nitrogens with zero attached hydrogens (tertiary/aromatic N) is 2. The van der Waals surface area contributed by atoms with Gasteiger partial charge in [0.25, 0.3) is 5.56 Å². The van der Waals surface area contributed by atoms with Crippen molar-refractivity contribution >= 4 is 17.4 Å². The molecule has 1 aliphatic heterocycles. The first-order chi connectivity index (χ1) is 8.20. The van der Waals surface area contributed by atoms with Crippen molar-refractivity contribution < 1.29 is 0 Å². The third kappa shape index (κ3) is 2.98. The first-order valence-corrected chi connectivity index (χ1v) is 6.30. The van der Waals surface area contributed by atoms with Crippen molar-refractivity contribution in [2.24, 2.45) is 0 Å². The molecule has 1 unspecified atom stereocenters. The van der Waals surface area contributed by atoms with E-state index < -0.39 is 0 Å². The standard InChI is InChI=1S/C11H17ClN4O/c1-2-16-5-3-4-8(6-16)15-10-9(12)11(17)14-7-13-10/h7-8H,2-6H2,1H3,(H2,13,14,15,17). The number of likely N-dealkylation sites (tertiary alicyclic amines) is 1. The van der Waals surface area contributed by atoms with E-state index in [0.717, 1.165) is 32.5 Å². The first kappa shape index (κ1) is 12.4. The number of likely N-dealkylation sites (N-methyl/N-ethyl adjacent to an activating group) is 1. The van der Waals surface area contributed by atoms with Crippen molar-refractivity contribution in [1.82, 2.24) is 14.9 Å². The SMILES string of the molecule is CCN1CCCC(Nc2nc[nH]c(=O)c2Cl)C1. The van der Waals surface area contributed by atoms with E-state index in [9.17, 15) is 4.79 Å². The number of hydrogen-bond donors (Lipinski definition) is 2. The molecule has 94 valence electrons. The summed E-state index contributed by atoms with van der Waals surface area (Å²) >= 11 is 5.90. The van der Waals surface area contributed by atoms with Crippen molar-refractivity contribution in [2.75, 3.05) is 25.0 Å². The van der Waals surface area contributed by atoms with Gasteiger partial charge in [-0.15, -0.1) is 0 Å².